The molecule has 0 fully saturated rings. The maximum absolute atomic E-state index is 4.49. The van der Waals surface area contributed by atoms with Crippen molar-refractivity contribution in [1.29, 1.82) is 0 Å². The number of rotatable bonds is 1. The third-order valence-electron chi connectivity index (χ3n) is 1.41. The Morgan fingerprint density at radius 3 is 3.00 bits per heavy atom. The average molecular weight is 193 g/mol. The first-order chi connectivity index (χ1) is 5.90. The number of fused-ring (bicyclic) bond motifs is 1. The van der Waals surface area contributed by atoms with Gasteiger partial charge >= 0.3 is 0 Å². The molecule has 2 rings (SSSR count). The van der Waals surface area contributed by atoms with Gasteiger partial charge in [0, 0.05) is 0 Å². The second-order valence-corrected chi connectivity index (χ2v) is 2.85. The van der Waals surface area contributed by atoms with E-state index >= 15 is 0 Å². The third kappa shape index (κ3) is 1.25. The minimum absolute atomic E-state index is 0.769. The number of benzene rings is 1. The molecule has 0 amide bonds. The Labute approximate surface area is 78.1 Å². The summed E-state index contributed by atoms with van der Waals surface area (Å²) >= 11 is 5.68. The van der Waals surface area contributed by atoms with Crippen LogP contribution in [0.2, 0.25) is 0 Å². The van der Waals surface area contributed by atoms with Gasteiger partial charge in [-0.15, -0.1) is 0 Å². The van der Waals surface area contributed by atoms with Crippen molar-refractivity contribution in [2.24, 2.45) is 4.99 Å². The summed E-state index contributed by atoms with van der Waals surface area (Å²) in [5, 5.41) is 2.30. The highest BCUT2D eigenvalue weighted by molar-refractivity contribution is 7.78. The molecule has 0 N–H and O–H groups in total. The Balaban J connectivity index is 2.67. The molecule has 0 unspecified atom stereocenters. The van der Waals surface area contributed by atoms with Crippen molar-refractivity contribution < 1.29 is 0 Å². The summed E-state index contributed by atoms with van der Waals surface area (Å²) in [6.45, 7) is 0. The van der Waals surface area contributed by atoms with Crippen LogP contribution in [0.3, 0.4) is 0 Å². The van der Waals surface area contributed by atoms with E-state index in [0.29, 0.717) is 0 Å². The minimum Gasteiger partial charge on any atom is -0.195 e. The van der Waals surface area contributed by atoms with Crippen molar-refractivity contribution in [1.82, 2.24) is 8.75 Å². The van der Waals surface area contributed by atoms with Crippen LogP contribution in [0.1, 0.15) is 0 Å². The summed E-state index contributed by atoms with van der Waals surface area (Å²) in [6.07, 6.45) is 0. The van der Waals surface area contributed by atoms with Crippen molar-refractivity contribution in [2.45, 2.75) is 0 Å². The summed E-state index contributed by atoms with van der Waals surface area (Å²) in [5.74, 6) is 0. The van der Waals surface area contributed by atoms with Gasteiger partial charge in [-0.1, -0.05) is 0 Å². The second kappa shape index (κ2) is 3.06. The van der Waals surface area contributed by atoms with Crippen molar-refractivity contribution >= 4 is 45.8 Å². The Morgan fingerprint density at radius 2 is 2.17 bits per heavy atom. The first kappa shape index (κ1) is 7.49. The highest BCUT2D eigenvalue weighted by Crippen LogP contribution is 2.18. The Morgan fingerprint density at radius 1 is 1.33 bits per heavy atom. The maximum atomic E-state index is 4.49. The molecule has 12 heavy (non-hydrogen) atoms. The highest BCUT2D eigenvalue weighted by Gasteiger charge is 1.97. The smallest absolute Gasteiger partial charge is 0.106 e. The number of nitrogens with zero attached hydrogens (tertiary/aromatic N) is 3. The van der Waals surface area contributed by atoms with Gasteiger partial charge in [-0.25, -0.2) is 0 Å². The molecule has 0 atom stereocenters. The van der Waals surface area contributed by atoms with Crippen LogP contribution >= 0.6 is 23.9 Å². The fourth-order valence-electron chi connectivity index (χ4n) is 0.893. The fraction of sp³-hybridized carbons (Fsp3) is 0. The summed E-state index contributed by atoms with van der Waals surface area (Å²) in [4.78, 5) is 3.84. The quantitative estimate of drug-likeness (QED) is 0.515. The van der Waals surface area contributed by atoms with Crippen molar-refractivity contribution in [3.63, 3.8) is 0 Å². The maximum Gasteiger partial charge on any atom is 0.106 e. The number of aliphatic imine (C=N–C) groups is 1. The molecule has 2 aromatic rings. The van der Waals surface area contributed by atoms with Gasteiger partial charge in [-0.3, -0.25) is 0 Å². The van der Waals surface area contributed by atoms with Crippen LogP contribution in [0.25, 0.3) is 11.0 Å². The molecule has 1 aromatic carbocycles. The van der Waals surface area contributed by atoms with Crippen LogP contribution in [-0.2, 0) is 0 Å². The van der Waals surface area contributed by atoms with E-state index in [1.54, 1.807) is 0 Å². The van der Waals surface area contributed by atoms with E-state index in [-0.39, 0.29) is 0 Å². The van der Waals surface area contributed by atoms with Crippen LogP contribution in [-0.4, -0.2) is 13.9 Å². The molecule has 1 heterocycles. The second-order valence-electron chi connectivity index (χ2n) is 2.14. The van der Waals surface area contributed by atoms with Gasteiger partial charge in [0.05, 0.1) is 22.6 Å². The lowest BCUT2D eigenvalue weighted by molar-refractivity contribution is 1.55. The molecular formula is C7H3N3S2. The molecule has 0 saturated carbocycles. The summed E-state index contributed by atoms with van der Waals surface area (Å²) in [7, 11) is 0. The van der Waals surface area contributed by atoms with Crippen LogP contribution in [0, 0.1) is 0 Å². The van der Waals surface area contributed by atoms with Crippen molar-refractivity contribution in [2.75, 3.05) is 0 Å². The van der Waals surface area contributed by atoms with E-state index in [2.05, 4.69) is 31.1 Å². The summed E-state index contributed by atoms with van der Waals surface area (Å²) in [6, 6.07) is 5.53. The lowest BCUT2D eigenvalue weighted by Crippen LogP contribution is -1.68. The number of thiocarbonyl (C=S) groups is 1. The molecule has 0 aliphatic carbocycles. The summed E-state index contributed by atoms with van der Waals surface area (Å²) < 4.78 is 8.13. The van der Waals surface area contributed by atoms with Gasteiger partial charge in [0.15, 0.2) is 0 Å². The normalized spacial score (nSPS) is 9.67. The largest absolute Gasteiger partial charge is 0.195 e. The average Bonchev–Trinajstić information content (AvgIpc) is 2.51. The summed E-state index contributed by atoms with van der Waals surface area (Å²) in [5.41, 5.74) is 2.51. The van der Waals surface area contributed by atoms with E-state index in [4.69, 9.17) is 0 Å². The zero-order chi connectivity index (χ0) is 8.39. The molecule has 58 valence electrons. The Bertz CT molecular complexity index is 456. The minimum atomic E-state index is 0.769. The van der Waals surface area contributed by atoms with Gasteiger partial charge in [0.1, 0.15) is 11.0 Å². The van der Waals surface area contributed by atoms with Crippen LogP contribution in [0.15, 0.2) is 23.2 Å². The monoisotopic (exact) mass is 193 g/mol. The molecule has 5 heteroatoms. The number of isothiocyanates is 1. The zero-order valence-corrected chi connectivity index (χ0v) is 7.52. The van der Waals surface area contributed by atoms with Crippen LogP contribution in [0.5, 0.6) is 0 Å². The van der Waals surface area contributed by atoms with E-state index in [1.165, 1.54) is 11.7 Å². The number of hydrogen-bond acceptors (Lipinski definition) is 5. The molecule has 0 aliphatic rings. The first-order valence-electron chi connectivity index (χ1n) is 3.20. The molecule has 0 radical (unpaired) electrons. The lowest BCUT2D eigenvalue weighted by atomic mass is 10.3. The fourth-order valence-corrected chi connectivity index (χ4v) is 1.52. The molecule has 0 saturated heterocycles. The Hall–Kier alpha value is -1.16. The lowest BCUT2D eigenvalue weighted by Gasteiger charge is -1.87. The van der Waals surface area contributed by atoms with E-state index in [1.807, 2.05) is 18.2 Å². The molecule has 1 aromatic heterocycles. The first-order valence-corrected chi connectivity index (χ1v) is 4.34. The number of hydrogen-bond donors (Lipinski definition) is 0. The molecule has 0 bridgehead atoms. The zero-order valence-electron chi connectivity index (χ0n) is 5.89. The van der Waals surface area contributed by atoms with E-state index < -0.39 is 0 Å². The molecule has 3 nitrogen and oxygen atoms in total. The molecule has 0 aliphatic heterocycles. The predicted molar refractivity (Wildman–Crippen MR) is 52.1 cm³/mol. The molecular weight excluding hydrogens is 190 g/mol. The van der Waals surface area contributed by atoms with Gasteiger partial charge in [0.2, 0.25) is 0 Å². The third-order valence-corrected chi connectivity index (χ3v) is 2.06. The standard InChI is InChI=1S/C7H3N3S2/c11-4-8-5-1-2-6-7(3-5)10-12-9-6/h1-3H. The van der Waals surface area contributed by atoms with E-state index in [9.17, 15) is 0 Å². The Kier molecular flexibility index (Phi) is 1.91. The number of aromatic nitrogens is 2. The molecule has 0 spiro atoms. The van der Waals surface area contributed by atoms with Crippen molar-refractivity contribution in [3.8, 4) is 0 Å². The van der Waals surface area contributed by atoms with Crippen LogP contribution < -0.4 is 0 Å². The van der Waals surface area contributed by atoms with E-state index in [0.717, 1.165) is 16.7 Å². The van der Waals surface area contributed by atoms with Gasteiger partial charge in [-0.2, -0.15) is 13.7 Å². The van der Waals surface area contributed by atoms with Gasteiger partial charge < -0.3 is 0 Å². The SMILES string of the molecule is S=C=Nc1ccc2nsnc2c1. The van der Waals surface area contributed by atoms with Crippen LogP contribution in [0.4, 0.5) is 5.69 Å². The van der Waals surface area contributed by atoms with Gasteiger partial charge in [0.25, 0.3) is 0 Å². The predicted octanol–water partition coefficient (Wildman–Crippen LogP) is 2.43. The topological polar surface area (TPSA) is 38.1 Å². The highest BCUT2D eigenvalue weighted by atomic mass is 32.1. The van der Waals surface area contributed by atoms with Gasteiger partial charge in [-0.05, 0) is 30.4 Å². The van der Waals surface area contributed by atoms with Crippen molar-refractivity contribution in [3.05, 3.63) is 18.2 Å².